The lowest BCUT2D eigenvalue weighted by molar-refractivity contribution is 0.349. The van der Waals surface area contributed by atoms with Crippen LogP contribution in [0.3, 0.4) is 0 Å². The van der Waals surface area contributed by atoms with Gasteiger partial charge in [-0.25, -0.2) is 18.4 Å². The normalized spacial score (nSPS) is 20.2. The minimum Gasteiger partial charge on any atom is -0.364 e. The number of aryl methyl sites for hydroxylation is 1. The van der Waals surface area contributed by atoms with Crippen molar-refractivity contribution in [2.45, 2.75) is 43.5 Å². The van der Waals surface area contributed by atoms with Crippen LogP contribution >= 0.6 is 0 Å². The van der Waals surface area contributed by atoms with Gasteiger partial charge in [0.25, 0.3) is 10.0 Å². The molecule has 1 aromatic carbocycles. The number of nitrogens with one attached hydrogen (secondary N) is 2. The Morgan fingerprint density at radius 3 is 2.39 bits per heavy atom. The van der Waals surface area contributed by atoms with Crippen molar-refractivity contribution in [2.24, 2.45) is 13.0 Å². The van der Waals surface area contributed by atoms with E-state index in [4.69, 9.17) is 0 Å². The lowest BCUT2D eigenvalue weighted by Gasteiger charge is -2.30. The van der Waals surface area contributed by atoms with Crippen LogP contribution < -0.4 is 10.0 Å². The highest BCUT2D eigenvalue weighted by molar-refractivity contribution is 7.92. The fraction of sp³-hybridized carbons (Fsp3) is 0.421. The van der Waals surface area contributed by atoms with E-state index in [1.807, 2.05) is 24.3 Å². The number of benzene rings is 1. The Morgan fingerprint density at radius 1 is 1.07 bits per heavy atom. The van der Waals surface area contributed by atoms with Crippen molar-refractivity contribution in [2.75, 3.05) is 10.0 Å². The quantitative estimate of drug-likeness (QED) is 0.682. The number of aromatic nitrogens is 4. The first-order valence-electron chi connectivity index (χ1n) is 9.47. The molecule has 4 rings (SSSR count). The number of sulfonamides is 1. The lowest BCUT2D eigenvalue weighted by atomic mass is 9.86. The third-order valence-electron chi connectivity index (χ3n) is 5.23. The van der Waals surface area contributed by atoms with E-state index in [9.17, 15) is 8.42 Å². The van der Waals surface area contributed by atoms with Gasteiger partial charge in [0, 0.05) is 19.3 Å². The monoisotopic (exact) mass is 400 g/mol. The SMILES string of the molecule is CC1CCCCC1Nc1nc2ccccc2nc1NS(=O)(=O)c1cnn(C)c1. The Balaban J connectivity index is 1.72. The fourth-order valence-electron chi connectivity index (χ4n) is 3.60. The van der Waals surface area contributed by atoms with Gasteiger partial charge < -0.3 is 5.32 Å². The summed E-state index contributed by atoms with van der Waals surface area (Å²) in [6.45, 7) is 2.21. The second-order valence-electron chi connectivity index (χ2n) is 7.38. The Bertz CT molecular complexity index is 1090. The van der Waals surface area contributed by atoms with Gasteiger partial charge in [-0.3, -0.25) is 9.40 Å². The van der Waals surface area contributed by atoms with Crippen LogP contribution in [0.15, 0.2) is 41.6 Å². The summed E-state index contributed by atoms with van der Waals surface area (Å²) in [4.78, 5) is 9.29. The highest BCUT2D eigenvalue weighted by Crippen LogP contribution is 2.30. The van der Waals surface area contributed by atoms with Crippen LogP contribution in [0.2, 0.25) is 0 Å². The summed E-state index contributed by atoms with van der Waals surface area (Å²) >= 11 is 0. The van der Waals surface area contributed by atoms with E-state index in [1.165, 1.54) is 23.5 Å². The Kier molecular flexibility index (Phi) is 4.92. The van der Waals surface area contributed by atoms with E-state index in [0.717, 1.165) is 24.8 Å². The van der Waals surface area contributed by atoms with E-state index >= 15 is 0 Å². The van der Waals surface area contributed by atoms with Crippen LogP contribution in [0.1, 0.15) is 32.6 Å². The molecule has 2 unspecified atom stereocenters. The zero-order valence-corrected chi connectivity index (χ0v) is 16.8. The van der Waals surface area contributed by atoms with E-state index in [2.05, 4.69) is 32.0 Å². The number of hydrogen-bond donors (Lipinski definition) is 2. The average Bonchev–Trinajstić information content (AvgIpc) is 3.11. The summed E-state index contributed by atoms with van der Waals surface area (Å²) in [5.74, 6) is 1.16. The molecule has 148 valence electrons. The molecule has 2 atom stereocenters. The molecule has 1 aliphatic rings. The summed E-state index contributed by atoms with van der Waals surface area (Å²) < 4.78 is 29.6. The van der Waals surface area contributed by atoms with Crippen molar-refractivity contribution in [1.82, 2.24) is 19.7 Å². The average molecular weight is 401 g/mol. The summed E-state index contributed by atoms with van der Waals surface area (Å²) in [5.41, 5.74) is 1.35. The minimum absolute atomic E-state index is 0.0851. The van der Waals surface area contributed by atoms with Gasteiger partial charge in [-0.15, -0.1) is 0 Å². The van der Waals surface area contributed by atoms with Gasteiger partial charge in [-0.2, -0.15) is 5.10 Å². The predicted molar refractivity (Wildman–Crippen MR) is 109 cm³/mol. The minimum atomic E-state index is -3.81. The number of rotatable bonds is 5. The van der Waals surface area contributed by atoms with Crippen molar-refractivity contribution < 1.29 is 8.42 Å². The summed E-state index contributed by atoms with van der Waals surface area (Å²) in [7, 11) is -2.14. The standard InChI is InChI=1S/C19H24N6O2S/c1-13-7-3-4-8-15(13)21-18-19(23-17-10-6-5-9-16(17)22-18)24-28(26,27)14-11-20-25(2)12-14/h5-6,9-13,15H,3-4,7-8H2,1-2H3,(H,21,22)(H,23,24). The second-order valence-corrected chi connectivity index (χ2v) is 9.06. The van der Waals surface area contributed by atoms with Crippen molar-refractivity contribution in [3.05, 3.63) is 36.7 Å². The maximum absolute atomic E-state index is 12.8. The first-order chi connectivity index (χ1) is 13.4. The third-order valence-corrected chi connectivity index (χ3v) is 6.52. The van der Waals surface area contributed by atoms with Crippen LogP contribution in [-0.4, -0.2) is 34.2 Å². The van der Waals surface area contributed by atoms with Crippen LogP contribution in [0.4, 0.5) is 11.6 Å². The fourth-order valence-corrected chi connectivity index (χ4v) is 4.59. The van der Waals surface area contributed by atoms with Crippen LogP contribution in [0.5, 0.6) is 0 Å². The second kappa shape index (κ2) is 7.38. The molecular weight excluding hydrogens is 376 g/mol. The molecule has 1 aliphatic carbocycles. The number of para-hydroxylation sites is 2. The zero-order chi connectivity index (χ0) is 19.7. The topological polar surface area (TPSA) is 102 Å². The van der Waals surface area contributed by atoms with Gasteiger partial charge in [0.15, 0.2) is 11.6 Å². The van der Waals surface area contributed by atoms with Gasteiger partial charge in [0.1, 0.15) is 4.90 Å². The molecule has 2 aromatic heterocycles. The summed E-state index contributed by atoms with van der Waals surface area (Å²) in [5, 5.41) is 7.40. The molecule has 9 heteroatoms. The number of anilines is 2. The Hall–Kier alpha value is -2.68. The number of hydrogen-bond acceptors (Lipinski definition) is 6. The van der Waals surface area contributed by atoms with Crippen molar-refractivity contribution in [3.8, 4) is 0 Å². The third kappa shape index (κ3) is 3.80. The Morgan fingerprint density at radius 2 is 1.75 bits per heavy atom. The molecule has 0 bridgehead atoms. The van der Waals surface area contributed by atoms with Crippen molar-refractivity contribution in [1.29, 1.82) is 0 Å². The van der Waals surface area contributed by atoms with Gasteiger partial charge in [0.2, 0.25) is 0 Å². The van der Waals surface area contributed by atoms with Gasteiger partial charge in [-0.05, 0) is 30.9 Å². The van der Waals surface area contributed by atoms with E-state index in [1.54, 1.807) is 7.05 Å². The first kappa shape index (κ1) is 18.7. The Labute approximate surface area is 164 Å². The smallest absolute Gasteiger partial charge is 0.266 e. The highest BCUT2D eigenvalue weighted by Gasteiger charge is 2.25. The van der Waals surface area contributed by atoms with Gasteiger partial charge in [0.05, 0.1) is 17.2 Å². The lowest BCUT2D eigenvalue weighted by Crippen LogP contribution is -2.31. The molecule has 2 heterocycles. The van der Waals surface area contributed by atoms with Crippen molar-refractivity contribution in [3.63, 3.8) is 0 Å². The molecule has 1 fully saturated rings. The zero-order valence-electron chi connectivity index (χ0n) is 16.0. The van der Waals surface area contributed by atoms with E-state index in [0.29, 0.717) is 17.3 Å². The number of fused-ring (bicyclic) bond motifs is 1. The highest BCUT2D eigenvalue weighted by atomic mass is 32.2. The molecule has 0 amide bonds. The van der Waals surface area contributed by atoms with Crippen LogP contribution in [0.25, 0.3) is 11.0 Å². The molecular formula is C19H24N6O2S. The summed E-state index contributed by atoms with van der Waals surface area (Å²) in [6.07, 6.45) is 7.32. The van der Waals surface area contributed by atoms with Crippen LogP contribution in [-0.2, 0) is 17.1 Å². The largest absolute Gasteiger partial charge is 0.364 e. The molecule has 1 saturated carbocycles. The molecule has 2 N–H and O–H groups in total. The predicted octanol–water partition coefficient (Wildman–Crippen LogP) is 3.15. The molecule has 0 radical (unpaired) electrons. The van der Waals surface area contributed by atoms with E-state index < -0.39 is 10.0 Å². The molecule has 3 aromatic rings. The molecule has 28 heavy (non-hydrogen) atoms. The van der Waals surface area contributed by atoms with Crippen LogP contribution in [0, 0.1) is 5.92 Å². The first-order valence-corrected chi connectivity index (χ1v) is 11.0. The maximum atomic E-state index is 12.8. The van der Waals surface area contributed by atoms with Crippen molar-refractivity contribution >= 4 is 32.7 Å². The molecule has 0 aliphatic heterocycles. The van der Waals surface area contributed by atoms with Gasteiger partial charge >= 0.3 is 0 Å². The summed E-state index contributed by atoms with van der Waals surface area (Å²) in [6, 6.07) is 7.68. The number of nitrogens with zero attached hydrogens (tertiary/aromatic N) is 4. The molecule has 8 nitrogen and oxygen atoms in total. The molecule has 0 spiro atoms. The molecule has 0 saturated heterocycles. The van der Waals surface area contributed by atoms with Gasteiger partial charge in [-0.1, -0.05) is 31.9 Å². The maximum Gasteiger partial charge on any atom is 0.266 e. The van der Waals surface area contributed by atoms with E-state index in [-0.39, 0.29) is 16.8 Å².